The van der Waals surface area contributed by atoms with E-state index in [9.17, 15) is 18.0 Å². The van der Waals surface area contributed by atoms with Crippen LogP contribution in [0.15, 0.2) is 24.3 Å². The van der Waals surface area contributed by atoms with Gasteiger partial charge in [-0.1, -0.05) is 12.1 Å². The first kappa shape index (κ1) is 14.3. The quantitative estimate of drug-likeness (QED) is 0.628. The molecule has 0 unspecified atom stereocenters. The van der Waals surface area contributed by atoms with E-state index >= 15 is 0 Å². The summed E-state index contributed by atoms with van der Waals surface area (Å²) in [7, 11) is 0. The topological polar surface area (TPSA) is 64.4 Å². The van der Waals surface area contributed by atoms with Crippen molar-refractivity contribution in [3.05, 3.63) is 29.8 Å². The molecule has 0 radical (unpaired) electrons. The molecule has 1 aromatic carbocycles. The Hall–Kier alpha value is -1.76. The standard InChI is InChI=1S/C11H13F3N2O2/c12-11(13,14)7-18-16-10(17)6-3-8-1-4-9(15)5-2-8/h1-2,4-5H,3,6-7,15H2,(H,16,17). The summed E-state index contributed by atoms with van der Waals surface area (Å²) in [6.07, 6.45) is -4.01. The fourth-order valence-electron chi connectivity index (χ4n) is 1.19. The second kappa shape index (κ2) is 6.25. The second-order valence-electron chi connectivity index (χ2n) is 3.67. The molecule has 1 rings (SSSR count). The van der Waals surface area contributed by atoms with Crippen LogP contribution in [0, 0.1) is 0 Å². The number of hydrogen-bond donors (Lipinski definition) is 2. The highest BCUT2D eigenvalue weighted by Gasteiger charge is 2.28. The van der Waals surface area contributed by atoms with E-state index in [0.29, 0.717) is 12.1 Å². The van der Waals surface area contributed by atoms with Gasteiger partial charge in [0.15, 0.2) is 6.61 Å². The van der Waals surface area contributed by atoms with Crippen LogP contribution in [0.1, 0.15) is 12.0 Å². The van der Waals surface area contributed by atoms with Gasteiger partial charge in [-0.05, 0) is 24.1 Å². The van der Waals surface area contributed by atoms with E-state index in [-0.39, 0.29) is 6.42 Å². The van der Waals surface area contributed by atoms with Crippen LogP contribution < -0.4 is 11.2 Å². The molecule has 0 atom stereocenters. The number of nitrogen functional groups attached to an aromatic ring is 1. The van der Waals surface area contributed by atoms with E-state index in [4.69, 9.17) is 5.73 Å². The lowest BCUT2D eigenvalue weighted by Gasteiger charge is -2.08. The van der Waals surface area contributed by atoms with Crippen LogP contribution >= 0.6 is 0 Å². The number of halogens is 3. The molecule has 0 aliphatic rings. The molecule has 0 aliphatic heterocycles. The summed E-state index contributed by atoms with van der Waals surface area (Å²) in [5.74, 6) is -0.601. The van der Waals surface area contributed by atoms with Gasteiger partial charge >= 0.3 is 6.18 Å². The van der Waals surface area contributed by atoms with Crippen LogP contribution in [0.25, 0.3) is 0 Å². The SMILES string of the molecule is Nc1ccc(CCC(=O)NOCC(F)(F)F)cc1. The van der Waals surface area contributed by atoms with Crippen molar-refractivity contribution in [2.75, 3.05) is 12.3 Å². The molecular formula is C11H13F3N2O2. The van der Waals surface area contributed by atoms with Crippen LogP contribution in [0.3, 0.4) is 0 Å². The number of aryl methyl sites for hydroxylation is 1. The van der Waals surface area contributed by atoms with Gasteiger partial charge in [0.25, 0.3) is 0 Å². The predicted octanol–water partition coefficient (Wildman–Crippen LogP) is 1.81. The summed E-state index contributed by atoms with van der Waals surface area (Å²) in [4.78, 5) is 15.2. The van der Waals surface area contributed by atoms with Gasteiger partial charge in [-0.2, -0.15) is 13.2 Å². The van der Waals surface area contributed by atoms with Crippen LogP contribution in [0.5, 0.6) is 0 Å². The number of alkyl halides is 3. The molecule has 0 saturated carbocycles. The van der Waals surface area contributed by atoms with Crippen LogP contribution in [0.2, 0.25) is 0 Å². The smallest absolute Gasteiger partial charge is 0.399 e. The molecule has 0 aromatic heterocycles. The highest BCUT2D eigenvalue weighted by atomic mass is 19.4. The largest absolute Gasteiger partial charge is 0.414 e. The van der Waals surface area contributed by atoms with E-state index < -0.39 is 18.7 Å². The van der Waals surface area contributed by atoms with Crippen molar-refractivity contribution in [2.45, 2.75) is 19.0 Å². The monoisotopic (exact) mass is 262 g/mol. The zero-order valence-corrected chi connectivity index (χ0v) is 9.46. The first-order chi connectivity index (χ1) is 8.37. The van der Waals surface area contributed by atoms with Gasteiger partial charge in [-0.15, -0.1) is 0 Å². The number of nitrogens with one attached hydrogen (secondary N) is 1. The third-order valence-corrected chi connectivity index (χ3v) is 2.04. The molecule has 0 aliphatic carbocycles. The number of hydrogen-bond acceptors (Lipinski definition) is 3. The number of benzene rings is 1. The molecule has 0 saturated heterocycles. The lowest BCUT2D eigenvalue weighted by molar-refractivity contribution is -0.191. The summed E-state index contributed by atoms with van der Waals surface area (Å²) in [6.45, 7) is -1.50. The maximum atomic E-state index is 11.7. The molecule has 1 aromatic rings. The number of amides is 1. The Morgan fingerprint density at radius 2 is 1.89 bits per heavy atom. The molecule has 3 N–H and O–H groups in total. The molecule has 0 spiro atoms. The summed E-state index contributed by atoms with van der Waals surface area (Å²) >= 11 is 0. The van der Waals surface area contributed by atoms with Gasteiger partial charge in [0, 0.05) is 12.1 Å². The number of hydroxylamine groups is 1. The zero-order chi connectivity index (χ0) is 13.6. The normalized spacial score (nSPS) is 11.3. The molecule has 0 bridgehead atoms. The summed E-state index contributed by atoms with van der Waals surface area (Å²) in [6, 6.07) is 6.87. The zero-order valence-electron chi connectivity index (χ0n) is 9.46. The fourth-order valence-corrected chi connectivity index (χ4v) is 1.19. The van der Waals surface area contributed by atoms with E-state index in [0.717, 1.165) is 5.56 Å². The maximum absolute atomic E-state index is 11.7. The number of carbonyl (C=O) groups is 1. The highest BCUT2D eigenvalue weighted by molar-refractivity contribution is 5.75. The Morgan fingerprint density at radius 3 is 2.44 bits per heavy atom. The van der Waals surface area contributed by atoms with Crippen LogP contribution in [-0.2, 0) is 16.1 Å². The Balaban J connectivity index is 2.23. The average molecular weight is 262 g/mol. The minimum absolute atomic E-state index is 0.0434. The van der Waals surface area contributed by atoms with Crippen molar-refractivity contribution < 1.29 is 22.8 Å². The van der Waals surface area contributed by atoms with Crippen molar-refractivity contribution in [1.29, 1.82) is 0 Å². The Kier molecular flexibility index (Phi) is 4.96. The predicted molar refractivity (Wildman–Crippen MR) is 59.3 cm³/mol. The molecule has 4 nitrogen and oxygen atoms in total. The average Bonchev–Trinajstić information content (AvgIpc) is 2.26. The Bertz CT molecular complexity index is 390. The van der Waals surface area contributed by atoms with E-state index in [1.807, 2.05) is 0 Å². The molecule has 7 heteroatoms. The maximum Gasteiger partial charge on any atom is 0.414 e. The fraction of sp³-hybridized carbons (Fsp3) is 0.364. The van der Waals surface area contributed by atoms with Gasteiger partial charge in [-0.3, -0.25) is 9.63 Å². The van der Waals surface area contributed by atoms with Crippen LogP contribution in [0.4, 0.5) is 18.9 Å². The number of anilines is 1. The van der Waals surface area contributed by atoms with Gasteiger partial charge in [0.1, 0.15) is 0 Å². The molecule has 1 amide bonds. The Labute approximate surface area is 102 Å². The third kappa shape index (κ3) is 6.09. The number of rotatable bonds is 5. The molecule has 100 valence electrons. The lowest BCUT2D eigenvalue weighted by atomic mass is 10.1. The van der Waals surface area contributed by atoms with Crippen molar-refractivity contribution >= 4 is 11.6 Å². The minimum atomic E-state index is -4.45. The summed E-state index contributed by atoms with van der Waals surface area (Å²) in [5, 5.41) is 0. The van der Waals surface area contributed by atoms with Gasteiger partial charge in [-0.25, -0.2) is 5.48 Å². The van der Waals surface area contributed by atoms with Gasteiger partial charge < -0.3 is 5.73 Å². The minimum Gasteiger partial charge on any atom is -0.399 e. The Morgan fingerprint density at radius 1 is 1.28 bits per heavy atom. The molecule has 18 heavy (non-hydrogen) atoms. The van der Waals surface area contributed by atoms with Crippen molar-refractivity contribution in [2.24, 2.45) is 0 Å². The van der Waals surface area contributed by atoms with Gasteiger partial charge in [0.05, 0.1) is 0 Å². The van der Waals surface area contributed by atoms with E-state index in [1.54, 1.807) is 29.7 Å². The van der Waals surface area contributed by atoms with E-state index in [2.05, 4.69) is 4.84 Å². The molecule has 0 heterocycles. The second-order valence-corrected chi connectivity index (χ2v) is 3.67. The first-order valence-electron chi connectivity index (χ1n) is 5.18. The van der Waals surface area contributed by atoms with Gasteiger partial charge in [0.2, 0.25) is 5.91 Å². The highest BCUT2D eigenvalue weighted by Crippen LogP contribution is 2.13. The van der Waals surface area contributed by atoms with Crippen molar-refractivity contribution in [1.82, 2.24) is 5.48 Å². The number of nitrogens with two attached hydrogens (primary N) is 1. The number of carbonyl (C=O) groups excluding carboxylic acids is 1. The van der Waals surface area contributed by atoms with Crippen LogP contribution in [-0.4, -0.2) is 18.7 Å². The third-order valence-electron chi connectivity index (χ3n) is 2.04. The molecular weight excluding hydrogens is 249 g/mol. The van der Waals surface area contributed by atoms with Crippen molar-refractivity contribution in [3.8, 4) is 0 Å². The summed E-state index contributed by atoms with van der Waals surface area (Å²) in [5.41, 5.74) is 8.70. The van der Waals surface area contributed by atoms with E-state index in [1.165, 1.54) is 0 Å². The summed E-state index contributed by atoms with van der Waals surface area (Å²) < 4.78 is 35.1. The van der Waals surface area contributed by atoms with Crippen molar-refractivity contribution in [3.63, 3.8) is 0 Å². The molecule has 0 fully saturated rings. The first-order valence-corrected chi connectivity index (χ1v) is 5.18. The lowest BCUT2D eigenvalue weighted by Crippen LogP contribution is -2.29.